The van der Waals surface area contributed by atoms with Crippen LogP contribution in [0.1, 0.15) is 19.3 Å². The summed E-state index contributed by atoms with van der Waals surface area (Å²) in [6.45, 7) is 0. The molecule has 1 heterocycles. The number of nitrogens with one attached hydrogen (secondary N) is 1. The van der Waals surface area contributed by atoms with E-state index in [4.69, 9.17) is 0 Å². The molecule has 0 aliphatic heterocycles. The lowest BCUT2D eigenvalue weighted by atomic mass is 9.93. The molecule has 3 nitrogen and oxygen atoms in total. The Kier molecular flexibility index (Phi) is 2.17. The van der Waals surface area contributed by atoms with Gasteiger partial charge in [-0.2, -0.15) is 0 Å². The molecule has 16 heavy (non-hydrogen) atoms. The molecule has 2 aromatic rings. The van der Waals surface area contributed by atoms with Gasteiger partial charge in [0.05, 0.1) is 5.52 Å². The van der Waals surface area contributed by atoms with Gasteiger partial charge in [-0.25, -0.2) is 4.98 Å². The fourth-order valence-corrected chi connectivity index (χ4v) is 1.95. The molecule has 0 atom stereocenters. The molecular weight excluding hydrogens is 200 g/mol. The summed E-state index contributed by atoms with van der Waals surface area (Å²) in [6.07, 6.45) is 3.78. The van der Waals surface area contributed by atoms with Crippen molar-refractivity contribution in [2.45, 2.75) is 25.3 Å². The Balaban J connectivity index is 1.94. The monoisotopic (exact) mass is 214 g/mol. The van der Waals surface area contributed by atoms with E-state index in [0.29, 0.717) is 6.04 Å². The van der Waals surface area contributed by atoms with E-state index in [1.54, 1.807) is 12.1 Å². The van der Waals surface area contributed by atoms with Crippen molar-refractivity contribution in [3.05, 3.63) is 30.3 Å². The van der Waals surface area contributed by atoms with Crippen molar-refractivity contribution in [3.63, 3.8) is 0 Å². The third kappa shape index (κ3) is 1.69. The summed E-state index contributed by atoms with van der Waals surface area (Å²) in [7, 11) is 0. The Hall–Kier alpha value is -1.77. The Labute approximate surface area is 94.1 Å². The van der Waals surface area contributed by atoms with Gasteiger partial charge in [-0.05, 0) is 43.5 Å². The second-order valence-corrected chi connectivity index (χ2v) is 4.35. The molecule has 82 valence electrons. The van der Waals surface area contributed by atoms with Gasteiger partial charge in [0.2, 0.25) is 0 Å². The average Bonchev–Trinajstić information content (AvgIpc) is 2.23. The molecule has 1 aliphatic carbocycles. The number of phenols is 1. The number of phenolic OH excluding ortho intramolecular Hbond substituents is 1. The second-order valence-electron chi connectivity index (χ2n) is 4.35. The smallest absolute Gasteiger partial charge is 0.126 e. The van der Waals surface area contributed by atoms with Gasteiger partial charge in [-0.15, -0.1) is 0 Å². The van der Waals surface area contributed by atoms with Gasteiger partial charge < -0.3 is 10.4 Å². The highest BCUT2D eigenvalue weighted by Crippen LogP contribution is 2.24. The Morgan fingerprint density at radius 3 is 2.75 bits per heavy atom. The minimum atomic E-state index is 0.265. The second kappa shape index (κ2) is 3.67. The van der Waals surface area contributed by atoms with Gasteiger partial charge in [0.25, 0.3) is 0 Å². The van der Waals surface area contributed by atoms with Crippen LogP contribution in [0.5, 0.6) is 5.75 Å². The molecule has 1 aromatic carbocycles. The van der Waals surface area contributed by atoms with Crippen molar-refractivity contribution in [3.8, 4) is 5.75 Å². The zero-order valence-corrected chi connectivity index (χ0v) is 8.98. The highest BCUT2D eigenvalue weighted by molar-refractivity contribution is 5.81. The quantitative estimate of drug-likeness (QED) is 0.808. The molecule has 0 unspecified atom stereocenters. The summed E-state index contributed by atoms with van der Waals surface area (Å²) < 4.78 is 0. The van der Waals surface area contributed by atoms with E-state index in [-0.39, 0.29) is 5.75 Å². The lowest BCUT2D eigenvalue weighted by Crippen LogP contribution is -2.27. The summed E-state index contributed by atoms with van der Waals surface area (Å²) in [5, 5.41) is 13.8. The van der Waals surface area contributed by atoms with Gasteiger partial charge in [0.1, 0.15) is 11.6 Å². The van der Waals surface area contributed by atoms with Crippen molar-refractivity contribution >= 4 is 16.7 Å². The predicted octanol–water partition coefficient (Wildman–Crippen LogP) is 2.90. The molecule has 1 fully saturated rings. The number of hydrogen-bond donors (Lipinski definition) is 2. The fourth-order valence-electron chi connectivity index (χ4n) is 1.95. The minimum absolute atomic E-state index is 0.265. The van der Waals surface area contributed by atoms with Crippen LogP contribution in [0.4, 0.5) is 5.82 Å². The SMILES string of the molecule is Oc1ccc2ccc(NC3CCC3)nc2c1. The van der Waals surface area contributed by atoms with Crippen LogP contribution in [0.15, 0.2) is 30.3 Å². The maximum Gasteiger partial charge on any atom is 0.126 e. The number of aromatic hydroxyl groups is 1. The van der Waals surface area contributed by atoms with E-state index >= 15 is 0 Å². The molecule has 1 aromatic heterocycles. The largest absolute Gasteiger partial charge is 0.508 e. The Morgan fingerprint density at radius 1 is 1.19 bits per heavy atom. The number of benzene rings is 1. The van der Waals surface area contributed by atoms with Crippen LogP contribution in [0, 0.1) is 0 Å². The standard InChI is InChI=1S/C13H14N2O/c16-11-6-4-9-5-7-13(15-12(9)8-11)14-10-2-1-3-10/h4-8,10,16H,1-3H2,(H,14,15). The highest BCUT2D eigenvalue weighted by Gasteiger charge is 2.17. The lowest BCUT2D eigenvalue weighted by Gasteiger charge is -2.26. The molecule has 0 bridgehead atoms. The number of nitrogens with zero attached hydrogens (tertiary/aromatic N) is 1. The number of pyridine rings is 1. The Morgan fingerprint density at radius 2 is 2.00 bits per heavy atom. The van der Waals surface area contributed by atoms with Gasteiger partial charge in [0, 0.05) is 17.5 Å². The summed E-state index contributed by atoms with van der Waals surface area (Å²) in [5.41, 5.74) is 0.837. The third-order valence-electron chi connectivity index (χ3n) is 3.13. The number of anilines is 1. The number of hydrogen-bond acceptors (Lipinski definition) is 3. The number of rotatable bonds is 2. The van der Waals surface area contributed by atoms with Crippen LogP contribution >= 0.6 is 0 Å². The molecule has 2 N–H and O–H groups in total. The molecule has 1 aliphatic rings. The van der Waals surface area contributed by atoms with Crippen LogP contribution in [-0.2, 0) is 0 Å². The van der Waals surface area contributed by atoms with Crippen LogP contribution in [0.25, 0.3) is 10.9 Å². The van der Waals surface area contributed by atoms with Gasteiger partial charge >= 0.3 is 0 Å². The molecular formula is C13H14N2O. The molecule has 0 radical (unpaired) electrons. The van der Waals surface area contributed by atoms with E-state index in [1.165, 1.54) is 19.3 Å². The zero-order valence-electron chi connectivity index (χ0n) is 8.98. The maximum absolute atomic E-state index is 9.40. The summed E-state index contributed by atoms with van der Waals surface area (Å²) in [6, 6.07) is 9.87. The number of fused-ring (bicyclic) bond motifs is 1. The van der Waals surface area contributed by atoms with Crippen molar-refractivity contribution < 1.29 is 5.11 Å². The summed E-state index contributed by atoms with van der Waals surface area (Å²) in [4.78, 5) is 4.49. The molecule has 3 heteroatoms. The van der Waals surface area contributed by atoms with Crippen molar-refractivity contribution in [1.29, 1.82) is 0 Å². The van der Waals surface area contributed by atoms with E-state index < -0.39 is 0 Å². The molecule has 1 saturated carbocycles. The lowest BCUT2D eigenvalue weighted by molar-refractivity contribution is 0.444. The van der Waals surface area contributed by atoms with E-state index in [9.17, 15) is 5.11 Å². The van der Waals surface area contributed by atoms with Crippen LogP contribution < -0.4 is 5.32 Å². The van der Waals surface area contributed by atoms with E-state index in [2.05, 4.69) is 10.3 Å². The Bertz CT molecular complexity index is 520. The van der Waals surface area contributed by atoms with Gasteiger partial charge in [-0.3, -0.25) is 0 Å². The number of aromatic nitrogens is 1. The molecule has 0 saturated heterocycles. The normalized spacial score (nSPS) is 16.0. The molecule has 3 rings (SSSR count). The van der Waals surface area contributed by atoms with Gasteiger partial charge in [0.15, 0.2) is 0 Å². The minimum Gasteiger partial charge on any atom is -0.508 e. The highest BCUT2D eigenvalue weighted by atomic mass is 16.3. The predicted molar refractivity (Wildman–Crippen MR) is 64.7 cm³/mol. The first kappa shape index (κ1) is 9.46. The van der Waals surface area contributed by atoms with E-state index in [0.717, 1.165) is 16.7 Å². The summed E-state index contributed by atoms with van der Waals surface area (Å²) >= 11 is 0. The molecule has 0 spiro atoms. The van der Waals surface area contributed by atoms with E-state index in [1.807, 2.05) is 18.2 Å². The van der Waals surface area contributed by atoms with Crippen molar-refractivity contribution in [2.75, 3.05) is 5.32 Å². The maximum atomic E-state index is 9.40. The topological polar surface area (TPSA) is 45.1 Å². The summed E-state index contributed by atoms with van der Waals surface area (Å²) in [5.74, 6) is 1.17. The van der Waals surface area contributed by atoms with Crippen LogP contribution in [0.2, 0.25) is 0 Å². The first-order chi connectivity index (χ1) is 7.81. The van der Waals surface area contributed by atoms with Crippen LogP contribution in [-0.4, -0.2) is 16.1 Å². The molecule has 0 amide bonds. The zero-order chi connectivity index (χ0) is 11.0. The van der Waals surface area contributed by atoms with Crippen LogP contribution in [0.3, 0.4) is 0 Å². The van der Waals surface area contributed by atoms with Crippen molar-refractivity contribution in [1.82, 2.24) is 4.98 Å². The van der Waals surface area contributed by atoms with Gasteiger partial charge in [-0.1, -0.05) is 0 Å². The fraction of sp³-hybridized carbons (Fsp3) is 0.308. The average molecular weight is 214 g/mol. The van der Waals surface area contributed by atoms with Crippen molar-refractivity contribution in [2.24, 2.45) is 0 Å². The first-order valence-electron chi connectivity index (χ1n) is 5.67. The first-order valence-corrected chi connectivity index (χ1v) is 5.67. The third-order valence-corrected chi connectivity index (χ3v) is 3.13.